The number of para-hydroxylation sites is 2. The summed E-state index contributed by atoms with van der Waals surface area (Å²) in [6.45, 7) is 10.2. The van der Waals surface area contributed by atoms with Crippen LogP contribution in [0, 0.1) is 6.92 Å². The van der Waals surface area contributed by atoms with Gasteiger partial charge < -0.3 is 18.9 Å². The second-order valence-corrected chi connectivity index (χ2v) is 10.1. The molecule has 1 aliphatic heterocycles. The molecule has 41 heavy (non-hydrogen) atoms. The monoisotopic (exact) mass is 549 g/mol. The number of rotatable bonds is 8. The minimum Gasteiger partial charge on any atom is -0.463 e. The van der Waals surface area contributed by atoms with Gasteiger partial charge in [-0.1, -0.05) is 72.3 Å². The van der Waals surface area contributed by atoms with E-state index in [1.54, 1.807) is 13.8 Å². The minimum atomic E-state index is -0.627. The lowest BCUT2D eigenvalue weighted by atomic mass is 9.79. The molecule has 0 N–H and O–H groups in total. The standard InChI is InChI=1S/C34H35N3O4/c1-6-40-33(38)29-23(4)36(24(5)30(34(39)41-7-2)31(29)25-19-17-22(3)18-20-25)21-37-28-16-12-11-15-27(28)35-32(37)26-13-9-8-10-14-26/h8-20,31H,6-7,21H2,1-5H3. The maximum atomic E-state index is 13.6. The number of hydrogen-bond donors (Lipinski definition) is 0. The number of imidazole rings is 1. The van der Waals surface area contributed by atoms with Crippen molar-refractivity contribution in [2.24, 2.45) is 0 Å². The van der Waals surface area contributed by atoms with Gasteiger partial charge in [-0.15, -0.1) is 0 Å². The topological polar surface area (TPSA) is 73.7 Å². The van der Waals surface area contributed by atoms with Crippen LogP contribution in [0.2, 0.25) is 0 Å². The predicted molar refractivity (Wildman–Crippen MR) is 160 cm³/mol. The molecule has 0 amide bonds. The molecule has 7 nitrogen and oxygen atoms in total. The Bertz CT molecular complexity index is 1610. The van der Waals surface area contributed by atoms with Gasteiger partial charge in [-0.05, 0) is 52.3 Å². The van der Waals surface area contributed by atoms with Crippen molar-refractivity contribution < 1.29 is 19.1 Å². The second-order valence-electron chi connectivity index (χ2n) is 10.1. The van der Waals surface area contributed by atoms with Crippen LogP contribution in [0.1, 0.15) is 44.7 Å². The number of nitrogens with zero attached hydrogens (tertiary/aromatic N) is 3. The molecule has 0 saturated heterocycles. The van der Waals surface area contributed by atoms with Crippen LogP contribution in [0.3, 0.4) is 0 Å². The lowest BCUT2D eigenvalue weighted by molar-refractivity contribution is -0.139. The molecule has 0 saturated carbocycles. The van der Waals surface area contributed by atoms with Gasteiger partial charge in [-0.25, -0.2) is 14.6 Å². The highest BCUT2D eigenvalue weighted by Crippen LogP contribution is 2.43. The number of hydrogen-bond acceptors (Lipinski definition) is 6. The molecule has 1 aromatic heterocycles. The van der Waals surface area contributed by atoms with Gasteiger partial charge >= 0.3 is 11.9 Å². The first-order valence-electron chi connectivity index (χ1n) is 14.0. The molecule has 7 heteroatoms. The van der Waals surface area contributed by atoms with E-state index in [1.807, 2.05) is 105 Å². The van der Waals surface area contributed by atoms with Gasteiger partial charge in [0.25, 0.3) is 0 Å². The van der Waals surface area contributed by atoms with Crippen LogP contribution in [-0.2, 0) is 25.7 Å². The Hall–Kier alpha value is -4.65. The average molecular weight is 550 g/mol. The zero-order valence-electron chi connectivity index (χ0n) is 24.2. The van der Waals surface area contributed by atoms with Gasteiger partial charge in [0.2, 0.25) is 0 Å². The highest BCUT2D eigenvalue weighted by Gasteiger charge is 2.40. The smallest absolute Gasteiger partial charge is 0.336 e. The Labute approximate surface area is 240 Å². The van der Waals surface area contributed by atoms with Gasteiger partial charge in [-0.3, -0.25) is 0 Å². The molecular formula is C34H35N3O4. The van der Waals surface area contributed by atoms with Crippen molar-refractivity contribution in [1.29, 1.82) is 0 Å². The van der Waals surface area contributed by atoms with E-state index in [9.17, 15) is 9.59 Å². The largest absolute Gasteiger partial charge is 0.463 e. The molecule has 1 aliphatic rings. The fraction of sp³-hybridized carbons (Fsp3) is 0.265. The van der Waals surface area contributed by atoms with Crippen LogP contribution in [-0.4, -0.2) is 39.6 Å². The summed E-state index contributed by atoms with van der Waals surface area (Å²) in [6.07, 6.45) is 0. The van der Waals surface area contributed by atoms with E-state index < -0.39 is 17.9 Å². The summed E-state index contributed by atoms with van der Waals surface area (Å²) in [4.78, 5) is 34.2. The summed E-state index contributed by atoms with van der Waals surface area (Å²) in [5.74, 6) is -0.733. The summed E-state index contributed by atoms with van der Waals surface area (Å²) in [5.41, 5.74) is 6.99. The number of aryl methyl sites for hydroxylation is 1. The lowest BCUT2D eigenvalue weighted by Gasteiger charge is -2.38. The number of carbonyl (C=O) groups excluding carboxylic acids is 2. The van der Waals surface area contributed by atoms with E-state index in [4.69, 9.17) is 14.5 Å². The van der Waals surface area contributed by atoms with Crippen molar-refractivity contribution in [2.45, 2.75) is 47.2 Å². The fourth-order valence-corrected chi connectivity index (χ4v) is 5.53. The van der Waals surface area contributed by atoms with Crippen LogP contribution < -0.4 is 0 Å². The molecule has 0 unspecified atom stereocenters. The van der Waals surface area contributed by atoms with Crippen molar-refractivity contribution in [2.75, 3.05) is 13.2 Å². The molecule has 0 atom stereocenters. The number of ether oxygens (including phenoxy) is 2. The van der Waals surface area contributed by atoms with Crippen LogP contribution in [0.25, 0.3) is 22.4 Å². The third-order valence-electron chi connectivity index (χ3n) is 7.54. The van der Waals surface area contributed by atoms with Crippen molar-refractivity contribution >= 4 is 23.0 Å². The van der Waals surface area contributed by atoms with Gasteiger partial charge in [0, 0.05) is 17.0 Å². The number of benzene rings is 3. The SMILES string of the molecule is CCOC(=O)C1=C(C)N(Cn2c(-c3ccccc3)nc3ccccc32)C(C)=C(C(=O)OCC)C1c1ccc(C)cc1. The third-order valence-corrected chi connectivity index (χ3v) is 7.54. The van der Waals surface area contributed by atoms with E-state index in [2.05, 4.69) is 4.57 Å². The van der Waals surface area contributed by atoms with Crippen molar-refractivity contribution in [3.8, 4) is 11.4 Å². The van der Waals surface area contributed by atoms with E-state index >= 15 is 0 Å². The maximum absolute atomic E-state index is 13.6. The number of fused-ring (bicyclic) bond motifs is 1. The first-order chi connectivity index (χ1) is 19.8. The van der Waals surface area contributed by atoms with Crippen molar-refractivity contribution in [3.05, 3.63) is 113 Å². The molecule has 0 aliphatic carbocycles. The van der Waals surface area contributed by atoms with Crippen LogP contribution in [0.5, 0.6) is 0 Å². The van der Waals surface area contributed by atoms with Crippen LogP contribution in [0.4, 0.5) is 0 Å². The maximum Gasteiger partial charge on any atom is 0.336 e. The predicted octanol–water partition coefficient (Wildman–Crippen LogP) is 6.74. The second kappa shape index (κ2) is 11.8. The molecule has 0 fully saturated rings. The molecule has 3 aromatic carbocycles. The van der Waals surface area contributed by atoms with Crippen LogP contribution >= 0.6 is 0 Å². The zero-order valence-corrected chi connectivity index (χ0v) is 24.2. The molecule has 0 radical (unpaired) electrons. The number of carbonyl (C=O) groups is 2. The first kappa shape index (κ1) is 27.9. The number of esters is 2. The highest BCUT2D eigenvalue weighted by atomic mass is 16.5. The van der Waals surface area contributed by atoms with Crippen molar-refractivity contribution in [3.63, 3.8) is 0 Å². The van der Waals surface area contributed by atoms with Gasteiger partial charge in [-0.2, -0.15) is 0 Å². The number of allylic oxidation sites excluding steroid dienone is 2. The summed E-state index contributed by atoms with van der Waals surface area (Å²) in [5, 5.41) is 0. The quantitative estimate of drug-likeness (QED) is 0.227. The van der Waals surface area contributed by atoms with Crippen molar-refractivity contribution in [1.82, 2.24) is 14.5 Å². The lowest BCUT2D eigenvalue weighted by Crippen LogP contribution is -2.36. The minimum absolute atomic E-state index is 0.220. The molecule has 0 spiro atoms. The number of aromatic nitrogens is 2. The average Bonchev–Trinajstić information content (AvgIpc) is 3.34. The molecule has 5 rings (SSSR count). The summed E-state index contributed by atoms with van der Waals surface area (Å²) < 4.78 is 13.3. The van der Waals surface area contributed by atoms with Gasteiger partial charge in [0.15, 0.2) is 0 Å². The van der Waals surface area contributed by atoms with Gasteiger partial charge in [0.05, 0.1) is 41.3 Å². The highest BCUT2D eigenvalue weighted by molar-refractivity contribution is 6.00. The summed E-state index contributed by atoms with van der Waals surface area (Å²) in [6, 6.07) is 25.9. The Morgan fingerprint density at radius 1 is 0.756 bits per heavy atom. The summed E-state index contributed by atoms with van der Waals surface area (Å²) in [7, 11) is 0. The summed E-state index contributed by atoms with van der Waals surface area (Å²) >= 11 is 0. The zero-order chi connectivity index (χ0) is 29.1. The Morgan fingerprint density at radius 2 is 1.32 bits per heavy atom. The van der Waals surface area contributed by atoms with E-state index in [0.29, 0.717) is 17.8 Å². The fourth-order valence-electron chi connectivity index (χ4n) is 5.53. The van der Waals surface area contributed by atoms with Crippen LogP contribution in [0.15, 0.2) is 101 Å². The van der Waals surface area contributed by atoms with Gasteiger partial charge in [0.1, 0.15) is 12.5 Å². The molecule has 210 valence electrons. The molecule has 0 bridgehead atoms. The Morgan fingerprint density at radius 3 is 1.90 bits per heavy atom. The van der Waals surface area contributed by atoms with E-state index in [1.165, 1.54) is 0 Å². The molecule has 4 aromatic rings. The first-order valence-corrected chi connectivity index (χ1v) is 14.0. The van der Waals surface area contributed by atoms with E-state index in [-0.39, 0.29) is 13.2 Å². The molecule has 2 heterocycles. The Balaban J connectivity index is 1.73. The molecular weight excluding hydrogens is 514 g/mol. The normalized spacial score (nSPS) is 14.1. The Kier molecular flexibility index (Phi) is 8.06. The van der Waals surface area contributed by atoms with E-state index in [0.717, 1.165) is 44.9 Å². The third kappa shape index (κ3) is 5.27.